The predicted molar refractivity (Wildman–Crippen MR) is 82.2 cm³/mol. The summed E-state index contributed by atoms with van der Waals surface area (Å²) in [7, 11) is 2.07. The fraction of sp³-hybridized carbons (Fsp3) is 0.600. The lowest BCUT2D eigenvalue weighted by Crippen LogP contribution is -2.34. The third kappa shape index (κ3) is 3.49. The molecule has 0 aromatic heterocycles. The van der Waals surface area contributed by atoms with Gasteiger partial charge in [0.1, 0.15) is 0 Å². The van der Waals surface area contributed by atoms with Gasteiger partial charge in [0.25, 0.3) is 0 Å². The number of hydrogen-bond acceptors (Lipinski definition) is 1. The summed E-state index contributed by atoms with van der Waals surface area (Å²) < 4.78 is 1.05. The van der Waals surface area contributed by atoms with Crippen LogP contribution in [0.4, 0.5) is 0 Å². The van der Waals surface area contributed by atoms with Crippen LogP contribution in [0, 0.1) is 11.8 Å². The van der Waals surface area contributed by atoms with E-state index in [-0.39, 0.29) is 0 Å². The predicted octanol–water partition coefficient (Wildman–Crippen LogP) is 4.67. The largest absolute Gasteiger partial charge is 0.316 e. The molecule has 100 valence electrons. The first-order valence-corrected chi connectivity index (χ1v) is 7.88. The second kappa shape index (κ2) is 6.40. The van der Waals surface area contributed by atoms with Crippen molar-refractivity contribution in [3.05, 3.63) is 33.3 Å². The Morgan fingerprint density at radius 1 is 1.44 bits per heavy atom. The molecule has 1 aromatic rings. The Balaban J connectivity index is 2.05. The third-order valence-corrected chi connectivity index (χ3v) is 4.98. The lowest BCUT2D eigenvalue weighted by molar-refractivity contribution is 0.367. The number of nitrogens with one attached hydrogen (secondary N) is 1. The molecular weight excluding hydrogens is 310 g/mol. The van der Waals surface area contributed by atoms with E-state index in [1.54, 1.807) is 0 Å². The van der Waals surface area contributed by atoms with Crippen molar-refractivity contribution in [3.8, 4) is 0 Å². The molecule has 3 heteroatoms. The van der Waals surface area contributed by atoms with E-state index in [4.69, 9.17) is 11.6 Å². The minimum absolute atomic E-state index is 0.550. The van der Waals surface area contributed by atoms with Crippen molar-refractivity contribution in [2.75, 3.05) is 7.05 Å². The summed E-state index contributed by atoms with van der Waals surface area (Å²) in [5, 5.41) is 4.36. The summed E-state index contributed by atoms with van der Waals surface area (Å²) in [4.78, 5) is 0. The standard InChI is InChI=1S/C15H21BrClN/c1-10-3-4-12(7-10)15(18-2)8-11-5-6-13(16)9-14(11)17/h5-6,9-10,12,15,18H,3-4,7-8H2,1-2H3. The van der Waals surface area contributed by atoms with Crippen LogP contribution < -0.4 is 5.32 Å². The van der Waals surface area contributed by atoms with Crippen molar-refractivity contribution in [1.82, 2.24) is 5.32 Å². The van der Waals surface area contributed by atoms with Crippen LogP contribution >= 0.6 is 27.5 Å². The summed E-state index contributed by atoms with van der Waals surface area (Å²) in [6.07, 6.45) is 5.09. The average molecular weight is 331 g/mol. The zero-order chi connectivity index (χ0) is 13.1. The van der Waals surface area contributed by atoms with E-state index in [1.165, 1.54) is 24.8 Å². The van der Waals surface area contributed by atoms with Crippen molar-refractivity contribution in [1.29, 1.82) is 0 Å². The highest BCUT2D eigenvalue weighted by Gasteiger charge is 2.28. The van der Waals surface area contributed by atoms with Crippen LogP contribution in [-0.4, -0.2) is 13.1 Å². The van der Waals surface area contributed by atoms with Gasteiger partial charge in [0.05, 0.1) is 0 Å². The Morgan fingerprint density at radius 3 is 2.78 bits per heavy atom. The molecular formula is C15H21BrClN. The molecule has 1 saturated carbocycles. The molecule has 0 bridgehead atoms. The van der Waals surface area contributed by atoms with Gasteiger partial charge in [-0.2, -0.15) is 0 Å². The molecule has 0 heterocycles. The lowest BCUT2D eigenvalue weighted by Gasteiger charge is -2.23. The molecule has 0 radical (unpaired) electrons. The highest BCUT2D eigenvalue weighted by Crippen LogP contribution is 2.34. The van der Waals surface area contributed by atoms with Crippen molar-refractivity contribution < 1.29 is 0 Å². The van der Waals surface area contributed by atoms with Crippen molar-refractivity contribution in [2.24, 2.45) is 11.8 Å². The molecule has 1 nitrogen and oxygen atoms in total. The number of hydrogen-bond donors (Lipinski definition) is 1. The molecule has 3 atom stereocenters. The number of halogens is 2. The molecule has 0 aliphatic heterocycles. The van der Waals surface area contributed by atoms with E-state index in [0.717, 1.165) is 27.8 Å². The van der Waals surface area contributed by atoms with Crippen molar-refractivity contribution >= 4 is 27.5 Å². The molecule has 1 fully saturated rings. The van der Waals surface area contributed by atoms with Gasteiger partial charge in [-0.25, -0.2) is 0 Å². The fourth-order valence-electron chi connectivity index (χ4n) is 3.05. The first-order chi connectivity index (χ1) is 8.60. The first kappa shape index (κ1) is 14.4. The zero-order valence-corrected chi connectivity index (χ0v) is 13.4. The van der Waals surface area contributed by atoms with Crippen LogP contribution in [0.15, 0.2) is 22.7 Å². The van der Waals surface area contributed by atoms with Gasteiger partial charge in [0.2, 0.25) is 0 Å². The summed E-state index contributed by atoms with van der Waals surface area (Å²) >= 11 is 9.76. The molecule has 18 heavy (non-hydrogen) atoms. The first-order valence-electron chi connectivity index (χ1n) is 6.71. The van der Waals surface area contributed by atoms with Gasteiger partial charge in [-0.15, -0.1) is 0 Å². The Kier molecular flexibility index (Phi) is 5.11. The number of rotatable bonds is 4. The molecule has 1 aromatic carbocycles. The normalized spacial score (nSPS) is 25.3. The highest BCUT2D eigenvalue weighted by atomic mass is 79.9. The Labute approximate surface area is 123 Å². The van der Waals surface area contributed by atoms with Crippen molar-refractivity contribution in [3.63, 3.8) is 0 Å². The maximum atomic E-state index is 6.31. The van der Waals surface area contributed by atoms with Crippen LogP contribution in [-0.2, 0) is 6.42 Å². The van der Waals surface area contributed by atoms with Crippen LogP contribution in [0.2, 0.25) is 5.02 Å². The zero-order valence-electron chi connectivity index (χ0n) is 11.0. The van der Waals surface area contributed by atoms with Gasteiger partial charge >= 0.3 is 0 Å². The van der Waals surface area contributed by atoms with Gasteiger partial charge in [0.15, 0.2) is 0 Å². The smallest absolute Gasteiger partial charge is 0.0449 e. The van der Waals surface area contributed by atoms with Gasteiger partial charge in [-0.1, -0.05) is 46.9 Å². The molecule has 0 saturated heterocycles. The van der Waals surface area contributed by atoms with Crippen LogP contribution in [0.3, 0.4) is 0 Å². The summed E-state index contributed by atoms with van der Waals surface area (Å²) in [6, 6.07) is 6.75. The quantitative estimate of drug-likeness (QED) is 0.846. The van der Waals surface area contributed by atoms with E-state index < -0.39 is 0 Å². The number of likely N-dealkylation sites (N-methyl/N-ethyl adjacent to an activating group) is 1. The molecule has 1 N–H and O–H groups in total. The van der Waals surface area contributed by atoms with Gasteiger partial charge in [0, 0.05) is 15.5 Å². The van der Waals surface area contributed by atoms with Gasteiger partial charge < -0.3 is 5.32 Å². The molecule has 0 spiro atoms. The monoisotopic (exact) mass is 329 g/mol. The maximum Gasteiger partial charge on any atom is 0.0449 e. The second-order valence-corrected chi connectivity index (χ2v) is 6.84. The van der Waals surface area contributed by atoms with E-state index in [0.29, 0.717) is 6.04 Å². The number of benzene rings is 1. The maximum absolute atomic E-state index is 6.31. The second-order valence-electron chi connectivity index (χ2n) is 5.51. The average Bonchev–Trinajstić information content (AvgIpc) is 2.75. The van der Waals surface area contributed by atoms with Crippen molar-refractivity contribution in [2.45, 2.75) is 38.6 Å². The Hall–Kier alpha value is -0.0500. The van der Waals surface area contributed by atoms with Crippen LogP contribution in [0.25, 0.3) is 0 Å². The van der Waals surface area contributed by atoms with E-state index >= 15 is 0 Å². The minimum atomic E-state index is 0.550. The topological polar surface area (TPSA) is 12.0 Å². The van der Waals surface area contributed by atoms with Gasteiger partial charge in [-0.3, -0.25) is 0 Å². The summed E-state index contributed by atoms with van der Waals surface area (Å²) in [6.45, 7) is 2.36. The summed E-state index contributed by atoms with van der Waals surface area (Å²) in [5.74, 6) is 1.68. The molecule has 0 amide bonds. The van der Waals surface area contributed by atoms with E-state index in [9.17, 15) is 0 Å². The fourth-order valence-corrected chi connectivity index (χ4v) is 3.80. The third-order valence-electron chi connectivity index (χ3n) is 4.13. The summed E-state index contributed by atoms with van der Waals surface area (Å²) in [5.41, 5.74) is 1.25. The van der Waals surface area contributed by atoms with Crippen LogP contribution in [0.5, 0.6) is 0 Å². The molecule has 1 aliphatic rings. The lowest BCUT2D eigenvalue weighted by atomic mass is 9.91. The minimum Gasteiger partial charge on any atom is -0.316 e. The SMILES string of the molecule is CNC(Cc1ccc(Br)cc1Cl)C1CCC(C)C1. The Morgan fingerprint density at radius 2 is 2.22 bits per heavy atom. The Bertz CT molecular complexity index is 407. The van der Waals surface area contributed by atoms with Crippen LogP contribution in [0.1, 0.15) is 31.7 Å². The van der Waals surface area contributed by atoms with E-state index in [1.807, 2.05) is 6.07 Å². The molecule has 1 aliphatic carbocycles. The molecule has 2 rings (SSSR count). The highest BCUT2D eigenvalue weighted by molar-refractivity contribution is 9.10. The van der Waals surface area contributed by atoms with E-state index in [2.05, 4.69) is 47.4 Å². The molecule has 3 unspecified atom stereocenters. The van der Waals surface area contributed by atoms with Gasteiger partial charge in [-0.05, 0) is 55.8 Å².